The normalized spacial score (nSPS) is 14.6. The third-order valence-corrected chi connectivity index (χ3v) is 6.72. The van der Waals surface area contributed by atoms with E-state index in [2.05, 4.69) is 15.2 Å². The van der Waals surface area contributed by atoms with Gasteiger partial charge in [-0.3, -0.25) is 9.79 Å². The van der Waals surface area contributed by atoms with Crippen LogP contribution in [-0.2, 0) is 5.75 Å². The van der Waals surface area contributed by atoms with E-state index in [9.17, 15) is 4.79 Å². The van der Waals surface area contributed by atoms with Gasteiger partial charge < -0.3 is 14.6 Å². The summed E-state index contributed by atoms with van der Waals surface area (Å²) in [4.78, 5) is 21.8. The van der Waals surface area contributed by atoms with Crippen molar-refractivity contribution in [2.45, 2.75) is 15.5 Å². The fraction of sp³-hybridized carbons (Fsp3) is 0.143. The lowest BCUT2D eigenvalue weighted by molar-refractivity contribution is 0.102. The zero-order valence-electron chi connectivity index (χ0n) is 14.9. The second kappa shape index (κ2) is 7.41. The van der Waals surface area contributed by atoms with Crippen LogP contribution in [0, 0.1) is 0 Å². The highest BCUT2D eigenvalue weighted by Crippen LogP contribution is 2.43. The molecule has 1 amide bonds. The van der Waals surface area contributed by atoms with E-state index in [4.69, 9.17) is 4.42 Å². The number of amides is 1. The zero-order chi connectivity index (χ0) is 18.9. The van der Waals surface area contributed by atoms with Gasteiger partial charge in [0.05, 0.1) is 29.8 Å². The van der Waals surface area contributed by atoms with Gasteiger partial charge >= 0.3 is 0 Å². The maximum atomic E-state index is 12.8. The Morgan fingerprint density at radius 1 is 1.21 bits per heavy atom. The van der Waals surface area contributed by atoms with Crippen molar-refractivity contribution in [2.24, 2.45) is 4.99 Å². The van der Waals surface area contributed by atoms with Crippen LogP contribution in [0.2, 0.25) is 0 Å². The first-order valence-corrected chi connectivity index (χ1v) is 10.8. The molecule has 0 aliphatic carbocycles. The van der Waals surface area contributed by atoms with Crippen LogP contribution in [0.3, 0.4) is 0 Å². The molecule has 0 unspecified atom stereocenters. The van der Waals surface area contributed by atoms with Crippen molar-refractivity contribution in [3.8, 4) is 0 Å². The van der Waals surface area contributed by atoms with E-state index in [1.165, 1.54) is 4.90 Å². The van der Waals surface area contributed by atoms with Crippen LogP contribution < -0.4 is 10.2 Å². The quantitative estimate of drug-likeness (QED) is 0.596. The maximum Gasteiger partial charge on any atom is 0.259 e. The van der Waals surface area contributed by atoms with Crippen molar-refractivity contribution < 1.29 is 9.21 Å². The van der Waals surface area contributed by atoms with E-state index in [1.54, 1.807) is 35.9 Å². The number of aliphatic imine (C=N–C) groups is 1. The Kier molecular flexibility index (Phi) is 4.62. The average Bonchev–Trinajstić information content (AvgIpc) is 3.43. The SMILES string of the molecule is O=C(Nc1ccc2c(c1)N1CCN=C1S2)c1ccoc1CSc1ccccc1. The summed E-state index contributed by atoms with van der Waals surface area (Å²) in [6, 6.07) is 17.8. The molecular formula is C21H17N3O2S2. The number of nitrogens with one attached hydrogen (secondary N) is 1. The van der Waals surface area contributed by atoms with Crippen LogP contribution in [0.4, 0.5) is 11.4 Å². The monoisotopic (exact) mass is 407 g/mol. The maximum absolute atomic E-state index is 12.8. The Labute approximate surface area is 171 Å². The average molecular weight is 408 g/mol. The highest BCUT2D eigenvalue weighted by molar-refractivity contribution is 8.14. The molecule has 3 aromatic rings. The summed E-state index contributed by atoms with van der Waals surface area (Å²) in [6.45, 7) is 1.73. The Hall–Kier alpha value is -2.64. The molecule has 5 rings (SSSR count). The molecular weight excluding hydrogens is 390 g/mol. The highest BCUT2D eigenvalue weighted by Gasteiger charge is 2.29. The van der Waals surface area contributed by atoms with Gasteiger partial charge in [-0.05, 0) is 48.2 Å². The Balaban J connectivity index is 1.30. The number of fused-ring (bicyclic) bond motifs is 3. The van der Waals surface area contributed by atoms with Gasteiger partial charge in [0.15, 0.2) is 5.17 Å². The van der Waals surface area contributed by atoms with E-state index in [0.29, 0.717) is 17.1 Å². The van der Waals surface area contributed by atoms with E-state index in [0.717, 1.165) is 34.5 Å². The van der Waals surface area contributed by atoms with Crippen LogP contribution in [0.1, 0.15) is 16.1 Å². The minimum atomic E-state index is -0.154. The van der Waals surface area contributed by atoms with Gasteiger partial charge in [0, 0.05) is 22.0 Å². The summed E-state index contributed by atoms with van der Waals surface area (Å²) >= 11 is 3.33. The van der Waals surface area contributed by atoms with Gasteiger partial charge in [0.2, 0.25) is 0 Å². The van der Waals surface area contributed by atoms with Gasteiger partial charge in [-0.25, -0.2) is 0 Å². The number of hydrogen-bond donors (Lipinski definition) is 1. The molecule has 1 N–H and O–H groups in total. The molecule has 0 bridgehead atoms. The molecule has 1 aromatic heterocycles. The lowest BCUT2D eigenvalue weighted by Gasteiger charge is -2.13. The van der Waals surface area contributed by atoms with Gasteiger partial charge in [0.25, 0.3) is 5.91 Å². The minimum absolute atomic E-state index is 0.154. The zero-order valence-corrected chi connectivity index (χ0v) is 16.6. The van der Waals surface area contributed by atoms with E-state index in [-0.39, 0.29) is 5.91 Å². The number of nitrogens with zero attached hydrogens (tertiary/aromatic N) is 2. The van der Waals surface area contributed by atoms with Crippen LogP contribution in [0.5, 0.6) is 0 Å². The number of carbonyl (C=O) groups excluding carboxylic acids is 1. The van der Waals surface area contributed by atoms with Gasteiger partial charge in [-0.1, -0.05) is 18.2 Å². The second-order valence-electron chi connectivity index (χ2n) is 6.41. The van der Waals surface area contributed by atoms with Crippen molar-refractivity contribution >= 4 is 46.0 Å². The number of furan rings is 1. The van der Waals surface area contributed by atoms with Crippen LogP contribution in [-0.4, -0.2) is 24.2 Å². The fourth-order valence-corrected chi connectivity index (χ4v) is 5.18. The molecule has 2 aliphatic heterocycles. The van der Waals surface area contributed by atoms with E-state index < -0.39 is 0 Å². The molecule has 5 nitrogen and oxygen atoms in total. The molecule has 7 heteroatoms. The van der Waals surface area contributed by atoms with Crippen molar-refractivity contribution in [1.29, 1.82) is 0 Å². The first-order chi connectivity index (χ1) is 13.8. The number of anilines is 2. The molecule has 2 aromatic carbocycles. The van der Waals surface area contributed by atoms with Gasteiger partial charge in [-0.15, -0.1) is 11.8 Å². The van der Waals surface area contributed by atoms with E-state index >= 15 is 0 Å². The lowest BCUT2D eigenvalue weighted by atomic mass is 10.2. The molecule has 2 aliphatic rings. The molecule has 0 atom stereocenters. The fourth-order valence-electron chi connectivity index (χ4n) is 3.25. The summed E-state index contributed by atoms with van der Waals surface area (Å²) in [6.07, 6.45) is 1.57. The van der Waals surface area contributed by atoms with E-state index in [1.807, 2.05) is 48.5 Å². The van der Waals surface area contributed by atoms with Gasteiger partial charge in [-0.2, -0.15) is 0 Å². The van der Waals surface area contributed by atoms with Gasteiger partial charge in [0.1, 0.15) is 5.76 Å². The molecule has 140 valence electrons. The first-order valence-electron chi connectivity index (χ1n) is 8.97. The Morgan fingerprint density at radius 3 is 3.00 bits per heavy atom. The summed E-state index contributed by atoms with van der Waals surface area (Å²) in [5.74, 6) is 1.13. The predicted molar refractivity (Wildman–Crippen MR) is 115 cm³/mol. The van der Waals surface area contributed by atoms with Crippen molar-refractivity contribution in [1.82, 2.24) is 0 Å². The topological polar surface area (TPSA) is 57.8 Å². The Morgan fingerprint density at radius 2 is 2.11 bits per heavy atom. The largest absolute Gasteiger partial charge is 0.468 e. The van der Waals surface area contributed by atoms with Crippen LogP contribution in [0.15, 0.2) is 80.1 Å². The van der Waals surface area contributed by atoms with Crippen LogP contribution >= 0.6 is 23.5 Å². The molecule has 0 fully saturated rings. The predicted octanol–water partition coefficient (Wildman–Crippen LogP) is 5.11. The minimum Gasteiger partial charge on any atom is -0.468 e. The third-order valence-electron chi connectivity index (χ3n) is 4.61. The molecule has 28 heavy (non-hydrogen) atoms. The Bertz CT molecular complexity index is 1060. The number of benzene rings is 2. The lowest BCUT2D eigenvalue weighted by Crippen LogP contribution is -2.21. The standard InChI is InChI=1S/C21H17N3O2S2/c25-20(16-8-11-26-18(16)13-27-15-4-2-1-3-5-15)23-14-6-7-19-17(12-14)24-10-9-22-21(24)28-19/h1-8,11-12H,9-10,13H2,(H,23,25). The first kappa shape index (κ1) is 17.5. The number of hydrogen-bond acceptors (Lipinski definition) is 6. The smallest absolute Gasteiger partial charge is 0.259 e. The van der Waals surface area contributed by atoms with Crippen molar-refractivity contribution in [3.63, 3.8) is 0 Å². The number of carbonyl (C=O) groups is 1. The third kappa shape index (κ3) is 3.31. The molecule has 0 saturated heterocycles. The molecule has 0 spiro atoms. The molecule has 3 heterocycles. The summed E-state index contributed by atoms with van der Waals surface area (Å²) in [5.41, 5.74) is 2.47. The van der Waals surface area contributed by atoms with Crippen LogP contribution in [0.25, 0.3) is 0 Å². The van der Waals surface area contributed by atoms with Crippen molar-refractivity contribution in [2.75, 3.05) is 23.3 Å². The molecule has 0 radical (unpaired) electrons. The second-order valence-corrected chi connectivity index (χ2v) is 8.47. The summed E-state index contributed by atoms with van der Waals surface area (Å²) < 4.78 is 5.57. The molecule has 0 saturated carbocycles. The summed E-state index contributed by atoms with van der Waals surface area (Å²) in [5, 5.41) is 4.06. The number of rotatable bonds is 5. The summed E-state index contributed by atoms with van der Waals surface area (Å²) in [7, 11) is 0. The number of thioether (sulfide) groups is 2. The number of amidine groups is 1. The highest BCUT2D eigenvalue weighted by atomic mass is 32.2. The van der Waals surface area contributed by atoms with Crippen molar-refractivity contribution in [3.05, 3.63) is 72.2 Å².